The van der Waals surface area contributed by atoms with Crippen molar-refractivity contribution in [2.45, 2.75) is 6.92 Å². The molecule has 0 spiro atoms. The molecule has 0 unspecified atom stereocenters. The Balaban J connectivity index is 1.65. The molecule has 1 aliphatic rings. The fourth-order valence-corrected chi connectivity index (χ4v) is 2.52. The number of rotatable bonds is 3. The van der Waals surface area contributed by atoms with Gasteiger partial charge in [-0.05, 0) is 24.6 Å². The highest BCUT2D eigenvalue weighted by molar-refractivity contribution is 5.52. The van der Waals surface area contributed by atoms with Crippen molar-refractivity contribution in [1.82, 2.24) is 9.97 Å². The number of piperazine rings is 1. The van der Waals surface area contributed by atoms with E-state index in [0.717, 1.165) is 43.4 Å². The van der Waals surface area contributed by atoms with Crippen LogP contribution in [0.4, 0.5) is 11.6 Å². The van der Waals surface area contributed by atoms with Gasteiger partial charge in [0.25, 0.3) is 0 Å². The number of aromatic nitrogens is 2. The Labute approximate surface area is 125 Å². The maximum absolute atomic E-state index is 5.29. The van der Waals surface area contributed by atoms with Crippen molar-refractivity contribution in [3.63, 3.8) is 0 Å². The lowest BCUT2D eigenvalue weighted by Crippen LogP contribution is -2.47. The Morgan fingerprint density at radius 1 is 1.00 bits per heavy atom. The molecule has 5 nitrogen and oxygen atoms in total. The van der Waals surface area contributed by atoms with Crippen LogP contribution in [-0.2, 0) is 0 Å². The van der Waals surface area contributed by atoms with Crippen LogP contribution in [-0.4, -0.2) is 43.3 Å². The van der Waals surface area contributed by atoms with E-state index < -0.39 is 0 Å². The lowest BCUT2D eigenvalue weighted by Gasteiger charge is -2.36. The van der Waals surface area contributed by atoms with Crippen molar-refractivity contribution in [2.24, 2.45) is 0 Å². The third-order valence-corrected chi connectivity index (χ3v) is 3.75. The van der Waals surface area contributed by atoms with Crippen molar-refractivity contribution in [2.75, 3.05) is 43.1 Å². The zero-order chi connectivity index (χ0) is 14.7. The zero-order valence-electron chi connectivity index (χ0n) is 12.5. The lowest BCUT2D eigenvalue weighted by atomic mass is 10.2. The number of benzene rings is 1. The SMILES string of the molecule is COc1cccc(N2CCN(c3ncc(C)cn3)CC2)c1. The number of methoxy groups -OCH3 is 1. The summed E-state index contributed by atoms with van der Waals surface area (Å²) >= 11 is 0. The van der Waals surface area contributed by atoms with Gasteiger partial charge in [0.05, 0.1) is 7.11 Å². The first kappa shape index (κ1) is 13.7. The van der Waals surface area contributed by atoms with Crippen LogP contribution in [0.25, 0.3) is 0 Å². The van der Waals surface area contributed by atoms with Crippen molar-refractivity contribution in [3.05, 3.63) is 42.2 Å². The first-order valence-electron chi connectivity index (χ1n) is 7.19. The van der Waals surface area contributed by atoms with Crippen LogP contribution in [0.5, 0.6) is 5.75 Å². The molecule has 1 saturated heterocycles. The van der Waals surface area contributed by atoms with E-state index in [-0.39, 0.29) is 0 Å². The molecule has 0 N–H and O–H groups in total. The largest absolute Gasteiger partial charge is 0.497 e. The molecule has 21 heavy (non-hydrogen) atoms. The molecular formula is C16H20N4O. The molecule has 0 aliphatic carbocycles. The normalized spacial score (nSPS) is 15.1. The summed E-state index contributed by atoms with van der Waals surface area (Å²) in [7, 11) is 1.70. The van der Waals surface area contributed by atoms with Gasteiger partial charge in [0.15, 0.2) is 0 Å². The number of ether oxygens (including phenoxy) is 1. The first-order chi connectivity index (χ1) is 10.3. The molecule has 1 fully saturated rings. The molecule has 0 amide bonds. The summed E-state index contributed by atoms with van der Waals surface area (Å²) in [6, 6.07) is 8.21. The molecule has 5 heteroatoms. The Bertz CT molecular complexity index is 591. The molecule has 0 atom stereocenters. The van der Waals surface area contributed by atoms with Gasteiger partial charge in [-0.2, -0.15) is 0 Å². The Morgan fingerprint density at radius 3 is 2.33 bits per heavy atom. The average Bonchev–Trinajstić information content (AvgIpc) is 2.56. The van der Waals surface area contributed by atoms with E-state index in [9.17, 15) is 0 Å². The summed E-state index contributed by atoms with van der Waals surface area (Å²) in [4.78, 5) is 13.4. The minimum Gasteiger partial charge on any atom is -0.497 e. The van der Waals surface area contributed by atoms with E-state index in [0.29, 0.717) is 0 Å². The van der Waals surface area contributed by atoms with Crippen LogP contribution in [0.1, 0.15) is 5.56 Å². The summed E-state index contributed by atoms with van der Waals surface area (Å²) in [5.41, 5.74) is 2.30. The third kappa shape index (κ3) is 3.07. The average molecular weight is 284 g/mol. The van der Waals surface area contributed by atoms with Gasteiger partial charge in [0.2, 0.25) is 5.95 Å². The van der Waals surface area contributed by atoms with Crippen molar-refractivity contribution >= 4 is 11.6 Å². The Kier molecular flexibility index (Phi) is 3.90. The van der Waals surface area contributed by atoms with Crippen molar-refractivity contribution < 1.29 is 4.74 Å². The maximum Gasteiger partial charge on any atom is 0.225 e. The molecule has 1 aromatic heterocycles. The van der Waals surface area contributed by atoms with E-state index in [2.05, 4.69) is 31.9 Å². The number of hydrogen-bond donors (Lipinski definition) is 0. The van der Waals surface area contributed by atoms with Crippen LogP contribution >= 0.6 is 0 Å². The third-order valence-electron chi connectivity index (χ3n) is 3.75. The van der Waals surface area contributed by atoms with E-state index in [4.69, 9.17) is 4.74 Å². The van der Waals surface area contributed by atoms with Crippen LogP contribution in [0.15, 0.2) is 36.7 Å². The second kappa shape index (κ2) is 5.99. The second-order valence-electron chi connectivity index (χ2n) is 5.24. The van der Waals surface area contributed by atoms with Gasteiger partial charge in [-0.3, -0.25) is 0 Å². The monoisotopic (exact) mass is 284 g/mol. The molecule has 2 aromatic rings. The predicted molar refractivity (Wildman–Crippen MR) is 84.2 cm³/mol. The molecule has 1 aliphatic heterocycles. The highest BCUT2D eigenvalue weighted by Crippen LogP contribution is 2.22. The minimum absolute atomic E-state index is 0.825. The summed E-state index contributed by atoms with van der Waals surface area (Å²) < 4.78 is 5.29. The van der Waals surface area contributed by atoms with Gasteiger partial charge in [-0.25, -0.2) is 9.97 Å². The molecular weight excluding hydrogens is 264 g/mol. The van der Waals surface area contributed by atoms with Gasteiger partial charge >= 0.3 is 0 Å². The summed E-state index contributed by atoms with van der Waals surface area (Å²) in [6.45, 7) is 5.79. The molecule has 0 saturated carbocycles. The van der Waals surface area contributed by atoms with E-state index in [1.165, 1.54) is 5.69 Å². The van der Waals surface area contributed by atoms with Crippen LogP contribution in [0.3, 0.4) is 0 Å². The van der Waals surface area contributed by atoms with E-state index in [1.807, 2.05) is 31.5 Å². The minimum atomic E-state index is 0.825. The fraction of sp³-hybridized carbons (Fsp3) is 0.375. The van der Waals surface area contributed by atoms with Gasteiger partial charge in [0.1, 0.15) is 5.75 Å². The van der Waals surface area contributed by atoms with Crippen molar-refractivity contribution in [1.29, 1.82) is 0 Å². The van der Waals surface area contributed by atoms with Crippen LogP contribution < -0.4 is 14.5 Å². The smallest absolute Gasteiger partial charge is 0.225 e. The first-order valence-corrected chi connectivity index (χ1v) is 7.19. The summed E-state index contributed by atoms with van der Waals surface area (Å²) in [5, 5.41) is 0. The Morgan fingerprint density at radius 2 is 1.67 bits per heavy atom. The number of anilines is 2. The van der Waals surface area contributed by atoms with Crippen LogP contribution in [0, 0.1) is 6.92 Å². The second-order valence-corrected chi connectivity index (χ2v) is 5.24. The standard InChI is InChI=1S/C16H20N4O/c1-13-11-17-16(18-12-13)20-8-6-19(7-9-20)14-4-3-5-15(10-14)21-2/h3-5,10-12H,6-9H2,1-2H3. The molecule has 0 bridgehead atoms. The van der Waals surface area contributed by atoms with E-state index in [1.54, 1.807) is 7.11 Å². The molecule has 110 valence electrons. The molecule has 2 heterocycles. The van der Waals surface area contributed by atoms with Gasteiger partial charge in [-0.1, -0.05) is 6.07 Å². The van der Waals surface area contributed by atoms with Gasteiger partial charge in [-0.15, -0.1) is 0 Å². The van der Waals surface area contributed by atoms with Crippen LogP contribution in [0.2, 0.25) is 0 Å². The highest BCUT2D eigenvalue weighted by Gasteiger charge is 2.19. The van der Waals surface area contributed by atoms with E-state index >= 15 is 0 Å². The predicted octanol–water partition coefficient (Wildman–Crippen LogP) is 2.12. The summed E-state index contributed by atoms with van der Waals surface area (Å²) in [6.07, 6.45) is 3.74. The molecule has 3 rings (SSSR count). The zero-order valence-corrected chi connectivity index (χ0v) is 12.5. The van der Waals surface area contributed by atoms with Crippen molar-refractivity contribution in [3.8, 4) is 5.75 Å². The fourth-order valence-electron chi connectivity index (χ4n) is 2.52. The molecule has 0 radical (unpaired) electrons. The summed E-state index contributed by atoms with van der Waals surface area (Å²) in [5.74, 6) is 1.72. The van der Waals surface area contributed by atoms with Gasteiger partial charge < -0.3 is 14.5 Å². The maximum atomic E-state index is 5.29. The number of aryl methyl sites for hydroxylation is 1. The highest BCUT2D eigenvalue weighted by atomic mass is 16.5. The quantitative estimate of drug-likeness (QED) is 0.863. The number of hydrogen-bond acceptors (Lipinski definition) is 5. The topological polar surface area (TPSA) is 41.5 Å². The Hall–Kier alpha value is -2.30. The number of nitrogens with zero attached hydrogens (tertiary/aromatic N) is 4. The molecule has 1 aromatic carbocycles. The lowest BCUT2D eigenvalue weighted by molar-refractivity contribution is 0.414. The van der Waals surface area contributed by atoms with Gasteiger partial charge in [0, 0.05) is 50.3 Å².